The first kappa shape index (κ1) is 13.4. The number of ether oxygens (including phenoxy) is 1. The van der Waals surface area contributed by atoms with E-state index in [9.17, 15) is 0 Å². The summed E-state index contributed by atoms with van der Waals surface area (Å²) in [6, 6.07) is 6.07. The maximum Gasteiger partial charge on any atom is 0.124 e. The van der Waals surface area contributed by atoms with Crippen molar-refractivity contribution in [1.82, 2.24) is 0 Å². The number of hydrogen-bond donors (Lipinski definition) is 1. The molecule has 0 aliphatic carbocycles. The van der Waals surface area contributed by atoms with Crippen LogP contribution in [0.4, 0.5) is 0 Å². The molecule has 3 heteroatoms. The van der Waals surface area contributed by atoms with Gasteiger partial charge in [-0.2, -0.15) is 0 Å². The Labute approximate surface area is 103 Å². The van der Waals surface area contributed by atoms with Crippen LogP contribution >= 0.6 is 11.8 Å². The quantitative estimate of drug-likeness (QED) is 0.818. The number of rotatable bonds is 3. The fourth-order valence-electron chi connectivity index (χ4n) is 1.57. The van der Waals surface area contributed by atoms with Gasteiger partial charge in [-0.15, -0.1) is 11.8 Å². The summed E-state index contributed by atoms with van der Waals surface area (Å²) in [5.74, 6) is 0.879. The molecule has 0 aliphatic rings. The zero-order valence-electron chi connectivity index (χ0n) is 10.7. The summed E-state index contributed by atoms with van der Waals surface area (Å²) >= 11 is 1.83. The van der Waals surface area contributed by atoms with E-state index < -0.39 is 0 Å². The summed E-state index contributed by atoms with van der Waals surface area (Å²) in [7, 11) is 1.69. The third-order valence-corrected chi connectivity index (χ3v) is 3.31. The van der Waals surface area contributed by atoms with Crippen LogP contribution in [0.15, 0.2) is 23.1 Å². The molecular formula is C13H21NOS. The van der Waals surface area contributed by atoms with Crippen LogP contribution in [-0.2, 0) is 0 Å². The molecule has 0 saturated carbocycles. The number of benzene rings is 1. The first-order chi connectivity index (χ1) is 7.35. The molecular weight excluding hydrogens is 218 g/mol. The first-order valence-electron chi connectivity index (χ1n) is 5.46. The fourth-order valence-corrected chi connectivity index (χ4v) is 2.77. The van der Waals surface area contributed by atoms with E-state index in [2.05, 4.69) is 26.8 Å². The van der Waals surface area contributed by atoms with Crippen molar-refractivity contribution >= 4 is 11.8 Å². The molecule has 0 fully saturated rings. The number of thioether (sulfide) groups is 1. The third-order valence-electron chi connectivity index (χ3n) is 2.12. The van der Waals surface area contributed by atoms with Crippen molar-refractivity contribution in [3.05, 3.63) is 23.8 Å². The molecule has 1 atom stereocenters. The summed E-state index contributed by atoms with van der Waals surface area (Å²) in [5, 5.41) is 0. The average molecular weight is 239 g/mol. The second-order valence-corrected chi connectivity index (χ2v) is 6.74. The highest BCUT2D eigenvalue weighted by molar-refractivity contribution is 8.00. The molecule has 0 radical (unpaired) electrons. The van der Waals surface area contributed by atoms with Gasteiger partial charge in [0.2, 0.25) is 0 Å². The molecule has 0 bridgehead atoms. The SMILES string of the molecule is COc1cccc(SC(C)(C)C)c1C(C)N. The number of nitrogens with two attached hydrogens (primary N) is 1. The van der Waals surface area contributed by atoms with Crippen LogP contribution < -0.4 is 10.5 Å². The lowest BCUT2D eigenvalue weighted by Gasteiger charge is -2.22. The Bertz CT molecular complexity index is 355. The molecule has 0 heterocycles. The maximum absolute atomic E-state index is 6.02. The van der Waals surface area contributed by atoms with Crippen molar-refractivity contribution in [2.45, 2.75) is 43.4 Å². The van der Waals surface area contributed by atoms with E-state index in [0.29, 0.717) is 0 Å². The van der Waals surface area contributed by atoms with Gasteiger partial charge in [-0.3, -0.25) is 0 Å². The molecule has 1 aromatic carbocycles. The maximum atomic E-state index is 6.02. The fraction of sp³-hybridized carbons (Fsp3) is 0.538. The van der Waals surface area contributed by atoms with Gasteiger partial charge in [0, 0.05) is 21.2 Å². The Hall–Kier alpha value is -0.670. The van der Waals surface area contributed by atoms with Crippen molar-refractivity contribution in [3.8, 4) is 5.75 Å². The normalized spacial score (nSPS) is 13.6. The van der Waals surface area contributed by atoms with Gasteiger partial charge in [0.25, 0.3) is 0 Å². The van der Waals surface area contributed by atoms with E-state index in [-0.39, 0.29) is 10.8 Å². The Morgan fingerprint density at radius 1 is 1.31 bits per heavy atom. The molecule has 90 valence electrons. The van der Waals surface area contributed by atoms with Gasteiger partial charge in [0.05, 0.1) is 7.11 Å². The second kappa shape index (κ2) is 5.11. The Kier molecular flexibility index (Phi) is 4.28. The second-order valence-electron chi connectivity index (χ2n) is 4.88. The highest BCUT2D eigenvalue weighted by atomic mass is 32.2. The van der Waals surface area contributed by atoms with Crippen LogP contribution in [-0.4, -0.2) is 11.9 Å². The van der Waals surface area contributed by atoms with Crippen LogP contribution in [0.5, 0.6) is 5.75 Å². The number of hydrogen-bond acceptors (Lipinski definition) is 3. The lowest BCUT2D eigenvalue weighted by Crippen LogP contribution is -2.12. The zero-order valence-corrected chi connectivity index (χ0v) is 11.5. The van der Waals surface area contributed by atoms with E-state index in [1.165, 1.54) is 4.90 Å². The molecule has 2 N–H and O–H groups in total. The molecule has 0 spiro atoms. The lowest BCUT2D eigenvalue weighted by molar-refractivity contribution is 0.405. The molecule has 0 saturated heterocycles. The molecule has 16 heavy (non-hydrogen) atoms. The van der Waals surface area contributed by atoms with Crippen molar-refractivity contribution < 1.29 is 4.74 Å². The van der Waals surface area contributed by atoms with Crippen LogP contribution in [0.1, 0.15) is 39.3 Å². The monoisotopic (exact) mass is 239 g/mol. The zero-order chi connectivity index (χ0) is 12.3. The summed E-state index contributed by atoms with van der Waals surface area (Å²) < 4.78 is 5.55. The minimum Gasteiger partial charge on any atom is -0.496 e. The Morgan fingerprint density at radius 2 is 1.94 bits per heavy atom. The predicted octanol–water partition coefficient (Wildman–Crippen LogP) is 3.61. The van der Waals surface area contributed by atoms with Gasteiger partial charge in [-0.25, -0.2) is 0 Å². The molecule has 0 aliphatic heterocycles. The van der Waals surface area contributed by atoms with Crippen LogP contribution in [0, 0.1) is 0 Å². The van der Waals surface area contributed by atoms with Gasteiger partial charge in [-0.05, 0) is 19.1 Å². The van der Waals surface area contributed by atoms with Gasteiger partial charge >= 0.3 is 0 Å². The number of methoxy groups -OCH3 is 1. The van der Waals surface area contributed by atoms with Crippen LogP contribution in [0.25, 0.3) is 0 Å². The highest BCUT2D eigenvalue weighted by Gasteiger charge is 2.19. The van der Waals surface area contributed by atoms with Gasteiger partial charge in [-0.1, -0.05) is 26.8 Å². The first-order valence-corrected chi connectivity index (χ1v) is 6.28. The van der Waals surface area contributed by atoms with Gasteiger partial charge in [0.15, 0.2) is 0 Å². The van der Waals surface area contributed by atoms with Crippen molar-refractivity contribution in [2.75, 3.05) is 7.11 Å². The topological polar surface area (TPSA) is 35.2 Å². The summed E-state index contributed by atoms with van der Waals surface area (Å²) in [6.45, 7) is 8.58. The van der Waals surface area contributed by atoms with E-state index in [4.69, 9.17) is 10.5 Å². The molecule has 0 amide bonds. The minimum absolute atomic E-state index is 0.0130. The highest BCUT2D eigenvalue weighted by Crippen LogP contribution is 2.39. The van der Waals surface area contributed by atoms with E-state index in [1.807, 2.05) is 30.8 Å². The molecule has 1 rings (SSSR count). The average Bonchev–Trinajstić information content (AvgIpc) is 2.14. The Morgan fingerprint density at radius 3 is 2.38 bits per heavy atom. The summed E-state index contributed by atoms with van der Waals surface area (Å²) in [5.41, 5.74) is 7.12. The van der Waals surface area contributed by atoms with Crippen molar-refractivity contribution in [2.24, 2.45) is 5.73 Å². The Balaban J connectivity index is 3.17. The largest absolute Gasteiger partial charge is 0.496 e. The lowest BCUT2D eigenvalue weighted by atomic mass is 10.1. The van der Waals surface area contributed by atoms with Gasteiger partial charge < -0.3 is 10.5 Å². The standard InChI is InChI=1S/C13H21NOS/c1-9(14)12-10(15-5)7-6-8-11(12)16-13(2,3)4/h6-9H,14H2,1-5H3. The van der Waals surface area contributed by atoms with Gasteiger partial charge in [0.1, 0.15) is 5.75 Å². The van der Waals surface area contributed by atoms with E-state index >= 15 is 0 Å². The molecule has 2 nitrogen and oxygen atoms in total. The minimum atomic E-state index is -0.0130. The summed E-state index contributed by atoms with van der Waals surface area (Å²) in [4.78, 5) is 1.21. The third kappa shape index (κ3) is 3.42. The molecule has 0 aromatic heterocycles. The molecule has 1 unspecified atom stereocenters. The smallest absolute Gasteiger partial charge is 0.124 e. The molecule has 1 aromatic rings. The van der Waals surface area contributed by atoms with E-state index in [1.54, 1.807) is 7.11 Å². The van der Waals surface area contributed by atoms with Crippen LogP contribution in [0.3, 0.4) is 0 Å². The van der Waals surface area contributed by atoms with E-state index in [0.717, 1.165) is 11.3 Å². The van der Waals surface area contributed by atoms with Crippen molar-refractivity contribution in [1.29, 1.82) is 0 Å². The predicted molar refractivity (Wildman–Crippen MR) is 71.2 cm³/mol. The van der Waals surface area contributed by atoms with Crippen LogP contribution in [0.2, 0.25) is 0 Å². The van der Waals surface area contributed by atoms with Crippen molar-refractivity contribution in [3.63, 3.8) is 0 Å². The summed E-state index contributed by atoms with van der Waals surface area (Å²) in [6.07, 6.45) is 0.